The van der Waals surface area contributed by atoms with Crippen molar-refractivity contribution in [1.82, 2.24) is 0 Å². The molecule has 3 heteroatoms. The summed E-state index contributed by atoms with van der Waals surface area (Å²) in [6.07, 6.45) is 4.09. The maximum atomic E-state index is 6.06. The highest BCUT2D eigenvalue weighted by molar-refractivity contribution is 7.99. The first-order chi connectivity index (χ1) is 11.8. The standard InChI is InChI=1S/C21H28O2S/c1-3-5-16-22-21(23-17-6-4-2)19-14-10-11-15-20(19)24-18-12-8-7-9-13-18/h7-15,21H,3-6,16-17H2,1-2H3. The van der Waals surface area contributed by atoms with Crippen LogP contribution in [0.5, 0.6) is 0 Å². The molecule has 0 aliphatic heterocycles. The van der Waals surface area contributed by atoms with Crippen LogP contribution >= 0.6 is 11.8 Å². The molecule has 24 heavy (non-hydrogen) atoms. The summed E-state index contributed by atoms with van der Waals surface area (Å²) in [5.74, 6) is 0. The fourth-order valence-corrected chi connectivity index (χ4v) is 3.26. The Kier molecular flexibility index (Phi) is 8.96. The van der Waals surface area contributed by atoms with Crippen LogP contribution in [-0.4, -0.2) is 13.2 Å². The third-order valence-electron chi connectivity index (χ3n) is 3.68. The van der Waals surface area contributed by atoms with E-state index in [0.29, 0.717) is 0 Å². The van der Waals surface area contributed by atoms with Crippen molar-refractivity contribution in [3.8, 4) is 0 Å². The number of rotatable bonds is 11. The van der Waals surface area contributed by atoms with Crippen LogP contribution in [-0.2, 0) is 9.47 Å². The minimum Gasteiger partial charge on any atom is -0.348 e. The molecule has 0 atom stereocenters. The van der Waals surface area contributed by atoms with E-state index in [2.05, 4.69) is 62.4 Å². The Morgan fingerprint density at radius 3 is 2.00 bits per heavy atom. The lowest BCUT2D eigenvalue weighted by Gasteiger charge is -2.21. The predicted molar refractivity (Wildman–Crippen MR) is 101 cm³/mol. The zero-order chi connectivity index (χ0) is 17.0. The van der Waals surface area contributed by atoms with E-state index < -0.39 is 0 Å². The van der Waals surface area contributed by atoms with Crippen molar-refractivity contribution in [2.24, 2.45) is 0 Å². The molecule has 2 aromatic rings. The second-order valence-electron chi connectivity index (χ2n) is 5.73. The molecule has 0 aliphatic rings. The van der Waals surface area contributed by atoms with Crippen LogP contribution in [0.3, 0.4) is 0 Å². The number of ether oxygens (including phenoxy) is 2. The van der Waals surface area contributed by atoms with Crippen LogP contribution in [0.15, 0.2) is 64.4 Å². The summed E-state index contributed by atoms with van der Waals surface area (Å²) >= 11 is 1.76. The van der Waals surface area contributed by atoms with Crippen LogP contribution in [0.2, 0.25) is 0 Å². The van der Waals surface area contributed by atoms with E-state index in [-0.39, 0.29) is 6.29 Å². The Morgan fingerprint density at radius 2 is 1.38 bits per heavy atom. The van der Waals surface area contributed by atoms with Crippen molar-refractivity contribution < 1.29 is 9.47 Å². The van der Waals surface area contributed by atoms with Crippen LogP contribution in [0.4, 0.5) is 0 Å². The van der Waals surface area contributed by atoms with E-state index >= 15 is 0 Å². The van der Waals surface area contributed by atoms with Crippen molar-refractivity contribution in [2.75, 3.05) is 13.2 Å². The van der Waals surface area contributed by atoms with Gasteiger partial charge in [0.1, 0.15) is 0 Å². The van der Waals surface area contributed by atoms with Gasteiger partial charge in [-0.1, -0.05) is 74.8 Å². The van der Waals surface area contributed by atoms with Crippen LogP contribution in [0.25, 0.3) is 0 Å². The van der Waals surface area contributed by atoms with Crippen LogP contribution in [0.1, 0.15) is 51.4 Å². The molecule has 0 aliphatic carbocycles. The maximum Gasteiger partial charge on any atom is 0.184 e. The molecule has 0 bridgehead atoms. The Morgan fingerprint density at radius 1 is 0.792 bits per heavy atom. The second-order valence-corrected chi connectivity index (χ2v) is 6.85. The van der Waals surface area contributed by atoms with Gasteiger partial charge in [0.15, 0.2) is 6.29 Å². The smallest absolute Gasteiger partial charge is 0.184 e. The molecule has 2 aromatic carbocycles. The lowest BCUT2D eigenvalue weighted by Crippen LogP contribution is -2.12. The molecular formula is C21H28O2S. The van der Waals surface area contributed by atoms with Crippen molar-refractivity contribution in [1.29, 1.82) is 0 Å². The van der Waals surface area contributed by atoms with Crippen LogP contribution < -0.4 is 0 Å². The highest BCUT2D eigenvalue weighted by Gasteiger charge is 2.17. The molecular weight excluding hydrogens is 316 g/mol. The van der Waals surface area contributed by atoms with Crippen molar-refractivity contribution in [3.63, 3.8) is 0 Å². The number of benzene rings is 2. The van der Waals surface area contributed by atoms with Gasteiger partial charge in [-0.15, -0.1) is 0 Å². The molecule has 0 amide bonds. The largest absolute Gasteiger partial charge is 0.348 e. The average molecular weight is 345 g/mol. The summed E-state index contributed by atoms with van der Waals surface area (Å²) in [4.78, 5) is 2.42. The summed E-state index contributed by atoms with van der Waals surface area (Å²) in [5, 5.41) is 0. The van der Waals surface area contributed by atoms with Gasteiger partial charge < -0.3 is 9.47 Å². The highest BCUT2D eigenvalue weighted by Crippen LogP contribution is 2.35. The zero-order valence-corrected chi connectivity index (χ0v) is 15.6. The van der Waals surface area contributed by atoms with Gasteiger partial charge in [0, 0.05) is 15.4 Å². The van der Waals surface area contributed by atoms with Gasteiger partial charge in [0.25, 0.3) is 0 Å². The number of hydrogen-bond donors (Lipinski definition) is 0. The summed E-state index contributed by atoms with van der Waals surface area (Å²) in [6, 6.07) is 18.8. The molecule has 2 rings (SSSR count). The first kappa shape index (κ1) is 19.0. The molecule has 0 heterocycles. The highest BCUT2D eigenvalue weighted by atomic mass is 32.2. The third-order valence-corrected chi connectivity index (χ3v) is 4.78. The minimum atomic E-state index is -0.282. The monoisotopic (exact) mass is 344 g/mol. The predicted octanol–water partition coefficient (Wildman–Crippen LogP) is 6.47. The lowest BCUT2D eigenvalue weighted by atomic mass is 10.2. The molecule has 0 spiro atoms. The fourth-order valence-electron chi connectivity index (χ4n) is 2.28. The van der Waals surface area contributed by atoms with E-state index in [1.807, 2.05) is 6.07 Å². The van der Waals surface area contributed by atoms with Crippen LogP contribution in [0, 0.1) is 0 Å². The third kappa shape index (κ3) is 6.31. The maximum absolute atomic E-state index is 6.06. The molecule has 2 nitrogen and oxygen atoms in total. The van der Waals surface area contributed by atoms with Gasteiger partial charge in [-0.3, -0.25) is 0 Å². The SMILES string of the molecule is CCCCOC(OCCCC)c1ccccc1Sc1ccccc1. The summed E-state index contributed by atoms with van der Waals surface area (Å²) < 4.78 is 12.1. The second kappa shape index (κ2) is 11.3. The number of hydrogen-bond acceptors (Lipinski definition) is 3. The summed E-state index contributed by atoms with van der Waals surface area (Å²) in [6.45, 7) is 5.82. The van der Waals surface area contributed by atoms with Gasteiger partial charge in [0.2, 0.25) is 0 Å². The normalized spacial score (nSPS) is 11.1. The molecule has 0 saturated carbocycles. The van der Waals surface area contributed by atoms with Gasteiger partial charge in [-0.25, -0.2) is 0 Å². The van der Waals surface area contributed by atoms with Gasteiger partial charge in [0.05, 0.1) is 13.2 Å². The van der Waals surface area contributed by atoms with E-state index in [0.717, 1.165) is 44.5 Å². The van der Waals surface area contributed by atoms with Crippen molar-refractivity contribution in [3.05, 3.63) is 60.2 Å². The van der Waals surface area contributed by atoms with Gasteiger partial charge in [-0.05, 0) is 31.0 Å². The minimum absolute atomic E-state index is 0.282. The Labute approximate surface area is 150 Å². The molecule has 0 radical (unpaired) electrons. The zero-order valence-electron chi connectivity index (χ0n) is 14.7. The molecule has 0 unspecified atom stereocenters. The Balaban J connectivity index is 2.14. The lowest BCUT2D eigenvalue weighted by molar-refractivity contribution is -0.149. The molecule has 0 aromatic heterocycles. The van der Waals surface area contributed by atoms with E-state index in [1.165, 1.54) is 9.79 Å². The molecule has 0 saturated heterocycles. The average Bonchev–Trinajstić information content (AvgIpc) is 2.62. The van der Waals surface area contributed by atoms with E-state index in [9.17, 15) is 0 Å². The Hall–Kier alpha value is -1.29. The van der Waals surface area contributed by atoms with Crippen molar-refractivity contribution >= 4 is 11.8 Å². The van der Waals surface area contributed by atoms with E-state index in [1.54, 1.807) is 11.8 Å². The van der Waals surface area contributed by atoms with Gasteiger partial charge >= 0.3 is 0 Å². The van der Waals surface area contributed by atoms with Gasteiger partial charge in [-0.2, -0.15) is 0 Å². The quantitative estimate of drug-likeness (QED) is 0.344. The topological polar surface area (TPSA) is 18.5 Å². The van der Waals surface area contributed by atoms with Crippen molar-refractivity contribution in [2.45, 2.75) is 55.6 Å². The Bertz CT molecular complexity index is 561. The first-order valence-electron chi connectivity index (χ1n) is 8.90. The molecule has 0 fully saturated rings. The summed E-state index contributed by atoms with van der Waals surface area (Å²) in [7, 11) is 0. The molecule has 0 N–H and O–H groups in total. The fraction of sp³-hybridized carbons (Fsp3) is 0.429. The van der Waals surface area contributed by atoms with E-state index in [4.69, 9.17) is 9.47 Å². The molecule has 130 valence electrons. The first-order valence-corrected chi connectivity index (χ1v) is 9.71. The summed E-state index contributed by atoms with van der Waals surface area (Å²) in [5.41, 5.74) is 1.12. The number of unbranched alkanes of at least 4 members (excludes halogenated alkanes) is 2.